The quantitative estimate of drug-likeness (QED) is 0.493. The number of fused-ring (bicyclic) bond motifs is 1. The Hall–Kier alpha value is -3.04. The smallest absolute Gasteiger partial charge is 0.325 e. The van der Waals surface area contributed by atoms with E-state index in [2.05, 4.69) is 25.2 Å². The first kappa shape index (κ1) is 21.2. The van der Waals surface area contributed by atoms with Gasteiger partial charge in [-0.3, -0.25) is 10.1 Å². The average molecular weight is 425 g/mol. The lowest BCUT2D eigenvalue weighted by Gasteiger charge is -2.24. The van der Waals surface area contributed by atoms with E-state index in [4.69, 9.17) is 9.72 Å². The SMILES string of the molecule is COC(=O)C(C)(C)NCc1nc2nc(-c3ccccc3)nc(N3CCC[C@@H]3CO)c2[nH]1. The molecule has 31 heavy (non-hydrogen) atoms. The van der Waals surface area contributed by atoms with E-state index < -0.39 is 5.54 Å². The molecule has 0 radical (unpaired) electrons. The van der Waals surface area contributed by atoms with Gasteiger partial charge in [0.2, 0.25) is 0 Å². The molecule has 0 bridgehead atoms. The fourth-order valence-electron chi connectivity index (χ4n) is 3.87. The van der Waals surface area contributed by atoms with Crippen molar-refractivity contribution in [3.05, 3.63) is 36.2 Å². The van der Waals surface area contributed by atoms with Gasteiger partial charge in [0, 0.05) is 12.1 Å². The number of aromatic nitrogens is 4. The number of carbonyl (C=O) groups is 1. The fraction of sp³-hybridized carbons (Fsp3) is 0.455. The number of nitrogens with one attached hydrogen (secondary N) is 2. The molecule has 9 heteroatoms. The number of hydrogen-bond acceptors (Lipinski definition) is 8. The Kier molecular flexibility index (Phi) is 5.88. The molecule has 1 aliphatic rings. The Morgan fingerprint density at radius 2 is 2.06 bits per heavy atom. The molecule has 164 valence electrons. The largest absolute Gasteiger partial charge is 0.468 e. The van der Waals surface area contributed by atoms with Gasteiger partial charge in [-0.15, -0.1) is 0 Å². The summed E-state index contributed by atoms with van der Waals surface area (Å²) in [5.41, 5.74) is 1.33. The van der Waals surface area contributed by atoms with Crippen LogP contribution in [0.4, 0.5) is 5.82 Å². The number of methoxy groups -OCH3 is 1. The summed E-state index contributed by atoms with van der Waals surface area (Å²) in [6, 6.07) is 9.80. The van der Waals surface area contributed by atoms with Crippen molar-refractivity contribution in [1.82, 2.24) is 25.3 Å². The molecule has 9 nitrogen and oxygen atoms in total. The maximum atomic E-state index is 12.0. The number of imidazole rings is 1. The summed E-state index contributed by atoms with van der Waals surface area (Å²) in [7, 11) is 1.37. The van der Waals surface area contributed by atoms with Crippen LogP contribution >= 0.6 is 0 Å². The molecular formula is C22H28N6O3. The Bertz CT molecular complexity index is 1070. The van der Waals surface area contributed by atoms with Crippen LogP contribution in [0.15, 0.2) is 30.3 Å². The van der Waals surface area contributed by atoms with Gasteiger partial charge in [0.1, 0.15) is 16.9 Å². The highest BCUT2D eigenvalue weighted by atomic mass is 16.5. The maximum absolute atomic E-state index is 12.0. The topological polar surface area (TPSA) is 116 Å². The first-order valence-corrected chi connectivity index (χ1v) is 10.5. The summed E-state index contributed by atoms with van der Waals surface area (Å²) in [4.78, 5) is 31.6. The Morgan fingerprint density at radius 1 is 1.29 bits per heavy atom. The molecular weight excluding hydrogens is 396 g/mol. The predicted octanol–water partition coefficient (Wildman–Crippen LogP) is 2.02. The van der Waals surface area contributed by atoms with Crippen molar-refractivity contribution in [2.24, 2.45) is 0 Å². The summed E-state index contributed by atoms with van der Waals surface area (Å²) < 4.78 is 4.85. The predicted molar refractivity (Wildman–Crippen MR) is 118 cm³/mol. The molecule has 1 aromatic carbocycles. The summed E-state index contributed by atoms with van der Waals surface area (Å²) in [5, 5.41) is 13.0. The third kappa shape index (κ3) is 4.24. The average Bonchev–Trinajstić information content (AvgIpc) is 3.43. The lowest BCUT2D eigenvalue weighted by atomic mass is 10.1. The molecule has 1 aliphatic heterocycles. The fourth-order valence-corrected chi connectivity index (χ4v) is 3.87. The molecule has 0 spiro atoms. The summed E-state index contributed by atoms with van der Waals surface area (Å²) >= 11 is 0. The molecule has 3 N–H and O–H groups in total. The summed E-state index contributed by atoms with van der Waals surface area (Å²) in [6.45, 7) is 4.74. The molecule has 1 atom stereocenters. The van der Waals surface area contributed by atoms with Gasteiger partial charge in [-0.1, -0.05) is 30.3 Å². The van der Waals surface area contributed by atoms with Crippen LogP contribution < -0.4 is 10.2 Å². The maximum Gasteiger partial charge on any atom is 0.325 e. The van der Waals surface area contributed by atoms with Crippen LogP contribution in [0, 0.1) is 0 Å². The van der Waals surface area contributed by atoms with E-state index in [9.17, 15) is 9.90 Å². The highest BCUT2D eigenvalue weighted by Gasteiger charge is 2.30. The number of carbonyl (C=O) groups excluding carboxylic acids is 1. The minimum absolute atomic E-state index is 0.0184. The third-order valence-electron chi connectivity index (χ3n) is 5.67. The zero-order chi connectivity index (χ0) is 22.0. The molecule has 1 fully saturated rings. The van der Waals surface area contributed by atoms with Crippen molar-refractivity contribution in [3.63, 3.8) is 0 Å². The van der Waals surface area contributed by atoms with Crippen molar-refractivity contribution in [2.75, 3.05) is 25.2 Å². The van der Waals surface area contributed by atoms with Crippen molar-refractivity contribution in [3.8, 4) is 11.4 Å². The Morgan fingerprint density at radius 3 is 2.77 bits per heavy atom. The molecule has 0 amide bonds. The van der Waals surface area contributed by atoms with E-state index in [1.165, 1.54) is 7.11 Å². The van der Waals surface area contributed by atoms with Gasteiger partial charge in [0.25, 0.3) is 0 Å². The van der Waals surface area contributed by atoms with Crippen LogP contribution in [0.5, 0.6) is 0 Å². The molecule has 0 saturated carbocycles. The van der Waals surface area contributed by atoms with Gasteiger partial charge >= 0.3 is 5.97 Å². The lowest BCUT2D eigenvalue weighted by molar-refractivity contribution is -0.147. The number of H-pyrrole nitrogens is 1. The number of benzene rings is 1. The van der Waals surface area contributed by atoms with E-state index >= 15 is 0 Å². The van der Waals surface area contributed by atoms with Crippen molar-refractivity contribution in [2.45, 2.75) is 44.8 Å². The van der Waals surface area contributed by atoms with Crippen LogP contribution in [-0.4, -0.2) is 62.9 Å². The molecule has 1 saturated heterocycles. The normalized spacial score (nSPS) is 16.8. The van der Waals surface area contributed by atoms with E-state index in [1.54, 1.807) is 13.8 Å². The zero-order valence-corrected chi connectivity index (χ0v) is 18.1. The van der Waals surface area contributed by atoms with Gasteiger partial charge in [0.05, 0.1) is 26.3 Å². The van der Waals surface area contributed by atoms with Crippen molar-refractivity contribution >= 4 is 23.0 Å². The first-order valence-electron chi connectivity index (χ1n) is 10.5. The van der Waals surface area contributed by atoms with Gasteiger partial charge in [-0.2, -0.15) is 0 Å². The molecule has 4 rings (SSSR count). The second-order valence-corrected chi connectivity index (χ2v) is 8.26. The monoisotopic (exact) mass is 424 g/mol. The summed E-state index contributed by atoms with van der Waals surface area (Å²) in [6.07, 6.45) is 1.91. The van der Waals surface area contributed by atoms with Crippen LogP contribution in [0.25, 0.3) is 22.6 Å². The minimum atomic E-state index is -0.853. The summed E-state index contributed by atoms with van der Waals surface area (Å²) in [5.74, 6) is 1.63. The van der Waals surface area contributed by atoms with Crippen LogP contribution in [0.1, 0.15) is 32.5 Å². The number of ether oxygens (including phenoxy) is 1. The number of nitrogens with zero attached hydrogens (tertiary/aromatic N) is 4. The molecule has 2 aromatic heterocycles. The highest BCUT2D eigenvalue weighted by Crippen LogP contribution is 2.31. The molecule has 0 unspecified atom stereocenters. The van der Waals surface area contributed by atoms with E-state index in [0.717, 1.165) is 36.3 Å². The second kappa shape index (κ2) is 8.60. The van der Waals surface area contributed by atoms with Crippen LogP contribution in [0.3, 0.4) is 0 Å². The van der Waals surface area contributed by atoms with Gasteiger partial charge < -0.3 is 19.7 Å². The van der Waals surface area contributed by atoms with Gasteiger partial charge in [0.15, 0.2) is 17.3 Å². The lowest BCUT2D eigenvalue weighted by Crippen LogP contribution is -2.47. The zero-order valence-electron chi connectivity index (χ0n) is 18.1. The second-order valence-electron chi connectivity index (χ2n) is 8.26. The van der Waals surface area contributed by atoms with Crippen molar-refractivity contribution in [1.29, 1.82) is 0 Å². The van der Waals surface area contributed by atoms with Gasteiger partial charge in [-0.05, 0) is 26.7 Å². The Balaban J connectivity index is 1.74. The molecule has 0 aliphatic carbocycles. The van der Waals surface area contributed by atoms with E-state index in [0.29, 0.717) is 23.8 Å². The number of rotatable bonds is 7. The standard InChI is InChI=1S/C22H28N6O3/c1-22(2,21(30)31-3)23-12-16-24-17-19(25-16)26-18(14-8-5-4-6-9-14)27-20(17)28-11-7-10-15(28)13-29/h4-6,8-9,15,23,29H,7,10-13H2,1-3H3,(H,24,25,26,27)/t15-/m1/s1. The molecule has 3 aromatic rings. The molecule has 3 heterocycles. The van der Waals surface area contributed by atoms with E-state index in [1.807, 2.05) is 30.3 Å². The van der Waals surface area contributed by atoms with Crippen LogP contribution in [0.2, 0.25) is 0 Å². The number of aliphatic hydroxyl groups is 1. The highest BCUT2D eigenvalue weighted by molar-refractivity contribution is 5.86. The van der Waals surface area contributed by atoms with Crippen LogP contribution in [-0.2, 0) is 16.1 Å². The number of hydrogen-bond donors (Lipinski definition) is 3. The van der Waals surface area contributed by atoms with Gasteiger partial charge in [-0.25, -0.2) is 15.0 Å². The Labute approximate surface area is 180 Å². The third-order valence-corrected chi connectivity index (χ3v) is 5.67. The number of aliphatic hydroxyl groups excluding tert-OH is 1. The minimum Gasteiger partial charge on any atom is -0.468 e. The van der Waals surface area contributed by atoms with E-state index in [-0.39, 0.29) is 18.6 Å². The number of aromatic amines is 1. The first-order chi connectivity index (χ1) is 14.9. The van der Waals surface area contributed by atoms with Crippen molar-refractivity contribution < 1.29 is 14.6 Å². The number of esters is 1. The number of anilines is 1.